The van der Waals surface area contributed by atoms with Gasteiger partial charge in [0.1, 0.15) is 17.7 Å². The summed E-state index contributed by atoms with van der Waals surface area (Å²) in [5.41, 5.74) is 1.46. The maximum Gasteiger partial charge on any atom is 0.319 e. The highest BCUT2D eigenvalue weighted by Crippen LogP contribution is 2.44. The van der Waals surface area contributed by atoms with Crippen molar-refractivity contribution in [3.05, 3.63) is 83.6 Å². The van der Waals surface area contributed by atoms with Crippen molar-refractivity contribution in [2.75, 3.05) is 10.6 Å². The molecular weight excluding hydrogens is 450 g/mol. The molecular formula is C27H26F2N4O2. The summed E-state index contributed by atoms with van der Waals surface area (Å²) in [7, 11) is 0. The van der Waals surface area contributed by atoms with Gasteiger partial charge in [0.15, 0.2) is 0 Å². The zero-order valence-corrected chi connectivity index (χ0v) is 19.5. The predicted molar refractivity (Wildman–Crippen MR) is 133 cm³/mol. The molecule has 3 aromatic carbocycles. The van der Waals surface area contributed by atoms with Crippen LogP contribution in [0, 0.1) is 18.6 Å². The summed E-state index contributed by atoms with van der Waals surface area (Å²) in [6, 6.07) is 13.5. The van der Waals surface area contributed by atoms with Crippen LogP contribution in [-0.4, -0.2) is 27.8 Å². The second-order valence-corrected chi connectivity index (χ2v) is 9.44. The Morgan fingerprint density at radius 2 is 1.83 bits per heavy atom. The third-order valence-electron chi connectivity index (χ3n) is 6.59. The van der Waals surface area contributed by atoms with Crippen LogP contribution in [0.3, 0.4) is 0 Å². The minimum absolute atomic E-state index is 0.00304. The van der Waals surface area contributed by atoms with E-state index in [-0.39, 0.29) is 16.8 Å². The SMILES string of the molecule is Cc1c[nH]c2c(-c3c(F)cc4c(c3F)C(NC(=O)Nc3ccccc3)C(O)C(C)(C)N4)cccc12. The summed E-state index contributed by atoms with van der Waals surface area (Å²) in [5.74, 6) is -1.58. The number of anilines is 2. The van der Waals surface area contributed by atoms with Gasteiger partial charge >= 0.3 is 6.03 Å². The Balaban J connectivity index is 1.62. The number of aryl methyl sites for hydroxylation is 1. The molecule has 8 heteroatoms. The zero-order chi connectivity index (χ0) is 24.9. The summed E-state index contributed by atoms with van der Waals surface area (Å²) in [4.78, 5) is 15.9. The molecule has 1 aliphatic rings. The van der Waals surface area contributed by atoms with Crippen molar-refractivity contribution < 1.29 is 18.7 Å². The first-order chi connectivity index (χ1) is 16.7. The molecule has 180 valence electrons. The Bertz CT molecular complexity index is 1430. The Kier molecular flexibility index (Phi) is 5.48. The highest BCUT2D eigenvalue weighted by molar-refractivity contribution is 5.97. The van der Waals surface area contributed by atoms with Crippen LogP contribution in [0.15, 0.2) is 60.8 Å². The molecule has 5 N–H and O–H groups in total. The van der Waals surface area contributed by atoms with E-state index in [4.69, 9.17) is 0 Å². The van der Waals surface area contributed by atoms with Crippen LogP contribution in [-0.2, 0) is 0 Å². The van der Waals surface area contributed by atoms with Crippen LogP contribution >= 0.6 is 0 Å². The molecule has 2 amide bonds. The van der Waals surface area contributed by atoms with E-state index in [1.54, 1.807) is 56.4 Å². The Labute approximate surface area is 201 Å². The fourth-order valence-electron chi connectivity index (χ4n) is 4.77. The van der Waals surface area contributed by atoms with E-state index >= 15 is 8.78 Å². The molecule has 2 heterocycles. The van der Waals surface area contributed by atoms with Gasteiger partial charge in [-0.15, -0.1) is 0 Å². The van der Waals surface area contributed by atoms with Gasteiger partial charge < -0.3 is 26.0 Å². The zero-order valence-electron chi connectivity index (χ0n) is 19.5. The van der Waals surface area contributed by atoms with Gasteiger partial charge in [0.05, 0.1) is 22.7 Å². The number of rotatable bonds is 3. The molecule has 2 unspecified atom stereocenters. The maximum absolute atomic E-state index is 16.2. The number of aliphatic hydroxyl groups is 1. The molecule has 0 saturated carbocycles. The van der Waals surface area contributed by atoms with Crippen LogP contribution in [0.4, 0.5) is 25.0 Å². The number of carbonyl (C=O) groups is 1. The van der Waals surface area contributed by atoms with Crippen LogP contribution < -0.4 is 16.0 Å². The minimum atomic E-state index is -1.20. The normalized spacial score (nSPS) is 18.6. The summed E-state index contributed by atoms with van der Waals surface area (Å²) in [6.45, 7) is 5.32. The summed E-state index contributed by atoms with van der Waals surface area (Å²) in [5, 5.41) is 20.4. The number of benzene rings is 3. The molecule has 1 aliphatic heterocycles. The van der Waals surface area contributed by atoms with Crippen molar-refractivity contribution >= 4 is 28.3 Å². The number of aromatic amines is 1. The molecule has 1 aromatic heterocycles. The van der Waals surface area contributed by atoms with Crippen molar-refractivity contribution in [1.29, 1.82) is 0 Å². The predicted octanol–water partition coefficient (Wildman–Crippen LogP) is 5.85. The van der Waals surface area contributed by atoms with Crippen molar-refractivity contribution in [3.8, 4) is 11.1 Å². The standard InChI is InChI=1S/C27H26F2N4O2/c1-14-13-30-23-16(14)10-7-11-17(23)20-18(28)12-19-21(22(20)29)24(25(34)27(2,3)33-19)32-26(35)31-15-8-5-4-6-9-15/h4-13,24-25,30,33-34H,1-3H3,(H2,31,32,35). The van der Waals surface area contributed by atoms with Crippen molar-refractivity contribution in [3.63, 3.8) is 0 Å². The largest absolute Gasteiger partial charge is 0.388 e. The lowest BCUT2D eigenvalue weighted by molar-refractivity contribution is 0.0712. The number of nitrogens with one attached hydrogen (secondary N) is 4. The summed E-state index contributed by atoms with van der Waals surface area (Å²) in [6.07, 6.45) is 0.585. The smallest absolute Gasteiger partial charge is 0.319 e. The summed E-state index contributed by atoms with van der Waals surface area (Å²) < 4.78 is 31.6. The van der Waals surface area contributed by atoms with E-state index in [9.17, 15) is 9.90 Å². The average molecular weight is 477 g/mol. The quantitative estimate of drug-likeness (QED) is 0.257. The molecule has 0 fully saturated rings. The van der Waals surface area contributed by atoms with Gasteiger partial charge in [-0.3, -0.25) is 0 Å². The number of halogens is 2. The second kappa shape index (κ2) is 8.39. The number of carbonyl (C=O) groups excluding carboxylic acids is 1. The topological polar surface area (TPSA) is 89.2 Å². The van der Waals surface area contributed by atoms with Crippen molar-refractivity contribution in [1.82, 2.24) is 10.3 Å². The molecule has 2 atom stereocenters. The highest BCUT2D eigenvalue weighted by Gasteiger charge is 2.44. The van der Waals surface area contributed by atoms with Gasteiger partial charge in [0.25, 0.3) is 0 Å². The molecule has 6 nitrogen and oxygen atoms in total. The first kappa shape index (κ1) is 22.9. The molecule has 0 bridgehead atoms. The van der Waals surface area contributed by atoms with E-state index in [0.717, 1.165) is 10.9 Å². The molecule has 0 spiro atoms. The van der Waals surface area contributed by atoms with E-state index < -0.39 is 35.4 Å². The van der Waals surface area contributed by atoms with Gasteiger partial charge in [0, 0.05) is 34.1 Å². The summed E-state index contributed by atoms with van der Waals surface area (Å²) >= 11 is 0. The molecule has 35 heavy (non-hydrogen) atoms. The van der Waals surface area contributed by atoms with E-state index in [0.29, 0.717) is 16.8 Å². The Hall–Kier alpha value is -3.91. The Morgan fingerprint density at radius 3 is 2.57 bits per heavy atom. The molecule has 0 saturated heterocycles. The number of fused-ring (bicyclic) bond motifs is 2. The van der Waals surface area contributed by atoms with E-state index in [1.807, 2.05) is 19.1 Å². The van der Waals surface area contributed by atoms with E-state index in [2.05, 4.69) is 20.9 Å². The number of aromatic nitrogens is 1. The van der Waals surface area contributed by atoms with Crippen LogP contribution in [0.5, 0.6) is 0 Å². The number of hydrogen-bond donors (Lipinski definition) is 5. The second-order valence-electron chi connectivity index (χ2n) is 9.44. The maximum atomic E-state index is 16.2. The number of amides is 2. The molecule has 0 aliphatic carbocycles. The fourth-order valence-corrected chi connectivity index (χ4v) is 4.77. The van der Waals surface area contributed by atoms with Gasteiger partial charge in [-0.25, -0.2) is 13.6 Å². The third kappa shape index (κ3) is 3.89. The van der Waals surface area contributed by atoms with Crippen LogP contribution in [0.2, 0.25) is 0 Å². The lowest BCUT2D eigenvalue weighted by atomic mass is 9.81. The number of para-hydroxylation sites is 2. The monoisotopic (exact) mass is 476 g/mol. The molecule has 4 aromatic rings. The first-order valence-electron chi connectivity index (χ1n) is 11.3. The molecule has 5 rings (SSSR count). The number of urea groups is 1. The number of H-pyrrole nitrogens is 1. The van der Waals surface area contributed by atoms with Crippen molar-refractivity contribution in [2.24, 2.45) is 0 Å². The van der Waals surface area contributed by atoms with Gasteiger partial charge in [-0.05, 0) is 44.5 Å². The lowest BCUT2D eigenvalue weighted by Gasteiger charge is -2.43. The van der Waals surface area contributed by atoms with Crippen molar-refractivity contribution in [2.45, 2.75) is 38.5 Å². The van der Waals surface area contributed by atoms with Gasteiger partial charge in [-0.2, -0.15) is 0 Å². The lowest BCUT2D eigenvalue weighted by Crippen LogP contribution is -2.55. The van der Waals surface area contributed by atoms with Crippen LogP contribution in [0.25, 0.3) is 22.0 Å². The average Bonchev–Trinajstić information content (AvgIpc) is 3.19. The molecule has 0 radical (unpaired) electrons. The highest BCUT2D eigenvalue weighted by atomic mass is 19.1. The van der Waals surface area contributed by atoms with Gasteiger partial charge in [0.2, 0.25) is 0 Å². The number of aliphatic hydroxyl groups excluding tert-OH is 1. The number of hydrogen-bond acceptors (Lipinski definition) is 3. The minimum Gasteiger partial charge on any atom is -0.388 e. The first-order valence-corrected chi connectivity index (χ1v) is 11.3. The van der Waals surface area contributed by atoms with E-state index in [1.165, 1.54) is 6.07 Å². The fraction of sp³-hybridized carbons (Fsp3) is 0.222. The third-order valence-corrected chi connectivity index (χ3v) is 6.59. The Morgan fingerprint density at radius 1 is 1.09 bits per heavy atom. The van der Waals surface area contributed by atoms with Gasteiger partial charge in [-0.1, -0.05) is 36.4 Å². The van der Waals surface area contributed by atoms with Crippen LogP contribution in [0.1, 0.15) is 31.0 Å².